The van der Waals surface area contributed by atoms with E-state index in [0.717, 1.165) is 0 Å². The van der Waals surface area contributed by atoms with Crippen molar-refractivity contribution in [2.45, 2.75) is 24.4 Å². The number of nitrogens with zero attached hydrogens (tertiary/aromatic N) is 1. The number of primary sulfonamides is 1. The number of amides is 2. The molecule has 2 amide bonds. The molecule has 0 radical (unpaired) electrons. The molecule has 23 heavy (non-hydrogen) atoms. The van der Waals surface area contributed by atoms with Crippen molar-refractivity contribution in [3.8, 4) is 0 Å². The monoisotopic (exact) mass is 337 g/mol. The normalized spacial score (nSPS) is 12.7. The van der Waals surface area contributed by atoms with Crippen LogP contribution < -0.4 is 10.5 Å². The molecule has 1 unspecified atom stereocenters. The molecule has 0 aliphatic carbocycles. The average Bonchev–Trinajstić information content (AvgIpc) is 3.04. The topological polar surface area (TPSA) is 106 Å². The molecule has 1 atom stereocenters. The van der Waals surface area contributed by atoms with E-state index >= 15 is 0 Å². The Balaban J connectivity index is 2.06. The van der Waals surface area contributed by atoms with Gasteiger partial charge in [0.25, 0.3) is 0 Å². The summed E-state index contributed by atoms with van der Waals surface area (Å²) < 4.78 is 28.0. The number of nitrogens with one attached hydrogen (secondary N) is 1. The third kappa shape index (κ3) is 4.33. The summed E-state index contributed by atoms with van der Waals surface area (Å²) in [6.07, 6.45) is 1.53. The van der Waals surface area contributed by atoms with Gasteiger partial charge in [-0.1, -0.05) is 12.1 Å². The molecule has 0 saturated carbocycles. The second-order valence-electron chi connectivity index (χ2n) is 5.14. The maximum Gasteiger partial charge on any atom is 0.318 e. The van der Waals surface area contributed by atoms with Crippen LogP contribution >= 0.6 is 0 Å². The van der Waals surface area contributed by atoms with Gasteiger partial charge >= 0.3 is 6.03 Å². The highest BCUT2D eigenvalue weighted by Gasteiger charge is 2.19. The Morgan fingerprint density at radius 2 is 2.09 bits per heavy atom. The average molecular weight is 337 g/mol. The van der Waals surface area contributed by atoms with E-state index in [9.17, 15) is 13.2 Å². The van der Waals surface area contributed by atoms with E-state index in [1.165, 1.54) is 23.3 Å². The third-order valence-electron chi connectivity index (χ3n) is 3.56. The summed E-state index contributed by atoms with van der Waals surface area (Å²) in [5.74, 6) is 0.649. The van der Waals surface area contributed by atoms with E-state index < -0.39 is 10.0 Å². The third-order valence-corrected chi connectivity index (χ3v) is 4.48. The van der Waals surface area contributed by atoms with Crippen LogP contribution in [0.15, 0.2) is 52.0 Å². The summed E-state index contributed by atoms with van der Waals surface area (Å²) in [4.78, 5) is 13.7. The zero-order valence-electron chi connectivity index (χ0n) is 12.9. The number of hydrogen-bond acceptors (Lipinski definition) is 4. The molecule has 0 aliphatic heterocycles. The van der Waals surface area contributed by atoms with E-state index in [1.807, 2.05) is 0 Å². The molecule has 0 saturated heterocycles. The van der Waals surface area contributed by atoms with Crippen molar-refractivity contribution >= 4 is 16.1 Å². The van der Waals surface area contributed by atoms with Gasteiger partial charge in [0.15, 0.2) is 0 Å². The molecule has 2 rings (SSSR count). The number of hydrogen-bond donors (Lipinski definition) is 2. The summed E-state index contributed by atoms with van der Waals surface area (Å²) in [5.41, 5.74) is 0.673. The fourth-order valence-corrected chi connectivity index (χ4v) is 2.62. The zero-order chi connectivity index (χ0) is 17.0. The van der Waals surface area contributed by atoms with Crippen LogP contribution in [-0.2, 0) is 16.6 Å². The second-order valence-corrected chi connectivity index (χ2v) is 6.70. The molecular weight excluding hydrogens is 318 g/mol. The van der Waals surface area contributed by atoms with Crippen molar-refractivity contribution < 1.29 is 17.6 Å². The van der Waals surface area contributed by atoms with Gasteiger partial charge in [0.2, 0.25) is 10.0 Å². The highest BCUT2D eigenvalue weighted by molar-refractivity contribution is 7.89. The number of carbonyl (C=O) groups excluding carboxylic acids is 1. The highest BCUT2D eigenvalue weighted by Crippen LogP contribution is 2.21. The molecule has 1 aromatic carbocycles. The van der Waals surface area contributed by atoms with E-state index in [4.69, 9.17) is 9.56 Å². The number of carbonyl (C=O) groups is 1. The molecule has 124 valence electrons. The molecule has 7 nitrogen and oxygen atoms in total. The Labute approximate surface area is 135 Å². The molecule has 2 aromatic rings. The summed E-state index contributed by atoms with van der Waals surface area (Å²) in [6.45, 7) is 2.08. The molecule has 0 fully saturated rings. The SMILES string of the molecule is CC(c1cccc(S(N)(=O)=O)c1)N(C)C(=O)NCc1ccco1. The molecular formula is C15H19N3O4S. The van der Waals surface area contributed by atoms with Gasteiger partial charge in [0.1, 0.15) is 5.76 Å². The fraction of sp³-hybridized carbons (Fsp3) is 0.267. The first-order valence-corrected chi connectivity index (χ1v) is 8.49. The van der Waals surface area contributed by atoms with Crippen molar-refractivity contribution in [3.05, 3.63) is 54.0 Å². The quantitative estimate of drug-likeness (QED) is 0.868. The largest absolute Gasteiger partial charge is 0.467 e. The Bertz CT molecular complexity index is 772. The lowest BCUT2D eigenvalue weighted by molar-refractivity contribution is 0.193. The van der Waals surface area contributed by atoms with Crippen molar-refractivity contribution in [3.63, 3.8) is 0 Å². The Hall–Kier alpha value is -2.32. The van der Waals surface area contributed by atoms with Crippen molar-refractivity contribution in [2.75, 3.05) is 7.05 Å². The van der Waals surface area contributed by atoms with Crippen LogP contribution in [0.3, 0.4) is 0 Å². The Morgan fingerprint density at radius 1 is 1.35 bits per heavy atom. The lowest BCUT2D eigenvalue weighted by atomic mass is 10.1. The van der Waals surface area contributed by atoms with Crippen LogP contribution in [0.1, 0.15) is 24.3 Å². The fourth-order valence-electron chi connectivity index (χ4n) is 2.05. The van der Waals surface area contributed by atoms with Crippen LogP contribution in [0.5, 0.6) is 0 Å². The summed E-state index contributed by atoms with van der Waals surface area (Å²) in [6, 6.07) is 9.11. The van der Waals surface area contributed by atoms with Gasteiger partial charge in [-0.25, -0.2) is 18.4 Å². The van der Waals surface area contributed by atoms with Gasteiger partial charge in [0, 0.05) is 7.05 Å². The Morgan fingerprint density at radius 3 is 2.70 bits per heavy atom. The molecule has 8 heteroatoms. The van der Waals surface area contributed by atoms with E-state index in [-0.39, 0.29) is 23.5 Å². The van der Waals surface area contributed by atoms with Crippen LogP contribution in [0.25, 0.3) is 0 Å². The minimum atomic E-state index is -3.78. The maximum absolute atomic E-state index is 12.2. The van der Waals surface area contributed by atoms with Crippen LogP contribution in [0, 0.1) is 0 Å². The Kier molecular flexibility index (Phi) is 5.07. The molecule has 0 aliphatic rings. The van der Waals surface area contributed by atoms with Crippen molar-refractivity contribution in [1.82, 2.24) is 10.2 Å². The number of nitrogens with two attached hydrogens (primary N) is 1. The molecule has 3 N–H and O–H groups in total. The van der Waals surface area contributed by atoms with Crippen LogP contribution in [-0.4, -0.2) is 26.4 Å². The van der Waals surface area contributed by atoms with Crippen molar-refractivity contribution in [2.24, 2.45) is 5.14 Å². The molecule has 0 bridgehead atoms. The number of furan rings is 1. The predicted octanol–water partition coefficient (Wildman–Crippen LogP) is 1.83. The van der Waals surface area contributed by atoms with Gasteiger partial charge in [-0.3, -0.25) is 0 Å². The first-order valence-electron chi connectivity index (χ1n) is 6.95. The van der Waals surface area contributed by atoms with E-state index in [0.29, 0.717) is 11.3 Å². The van der Waals surface area contributed by atoms with Gasteiger partial charge in [0.05, 0.1) is 23.7 Å². The maximum atomic E-state index is 12.2. The van der Waals surface area contributed by atoms with E-state index in [1.54, 1.807) is 38.2 Å². The number of urea groups is 1. The van der Waals surface area contributed by atoms with E-state index in [2.05, 4.69) is 5.32 Å². The minimum absolute atomic E-state index is 0.0197. The summed E-state index contributed by atoms with van der Waals surface area (Å²) in [7, 11) is -2.15. The van der Waals surface area contributed by atoms with Crippen molar-refractivity contribution in [1.29, 1.82) is 0 Å². The number of benzene rings is 1. The lowest BCUT2D eigenvalue weighted by Gasteiger charge is -2.25. The van der Waals surface area contributed by atoms with Gasteiger partial charge in [-0.05, 0) is 36.8 Å². The first kappa shape index (κ1) is 17.0. The zero-order valence-corrected chi connectivity index (χ0v) is 13.7. The molecule has 1 heterocycles. The standard InChI is InChI=1S/C15H19N3O4S/c1-11(12-5-3-7-14(9-12)23(16,20)21)18(2)15(19)17-10-13-6-4-8-22-13/h3-9,11H,10H2,1-2H3,(H,17,19)(H2,16,20,21). The second kappa shape index (κ2) is 6.84. The van der Waals surface area contributed by atoms with Gasteiger partial charge in [-0.2, -0.15) is 0 Å². The predicted molar refractivity (Wildman–Crippen MR) is 84.9 cm³/mol. The summed E-state index contributed by atoms with van der Waals surface area (Å²) in [5, 5.41) is 7.86. The summed E-state index contributed by atoms with van der Waals surface area (Å²) >= 11 is 0. The first-order chi connectivity index (χ1) is 10.8. The highest BCUT2D eigenvalue weighted by atomic mass is 32.2. The number of sulfonamides is 1. The molecule has 0 spiro atoms. The molecule has 1 aromatic heterocycles. The smallest absolute Gasteiger partial charge is 0.318 e. The van der Waals surface area contributed by atoms with Gasteiger partial charge in [-0.15, -0.1) is 0 Å². The van der Waals surface area contributed by atoms with Gasteiger partial charge < -0.3 is 14.6 Å². The number of rotatable bonds is 5. The van der Waals surface area contributed by atoms with Crippen LogP contribution in [0.4, 0.5) is 4.79 Å². The van der Waals surface area contributed by atoms with Crippen LogP contribution in [0.2, 0.25) is 0 Å². The minimum Gasteiger partial charge on any atom is -0.467 e. The lowest BCUT2D eigenvalue weighted by Crippen LogP contribution is -2.38.